The van der Waals surface area contributed by atoms with Gasteiger partial charge in [-0.3, -0.25) is 4.79 Å². The summed E-state index contributed by atoms with van der Waals surface area (Å²) >= 11 is 0. The van der Waals surface area contributed by atoms with Crippen molar-refractivity contribution in [3.8, 4) is 5.75 Å². The van der Waals surface area contributed by atoms with Gasteiger partial charge in [-0.25, -0.2) is 4.39 Å². The van der Waals surface area contributed by atoms with E-state index < -0.39 is 17.2 Å². The molecule has 1 aromatic heterocycles. The summed E-state index contributed by atoms with van der Waals surface area (Å²) < 4.78 is 42.9. The van der Waals surface area contributed by atoms with Crippen LogP contribution in [0.2, 0.25) is 0 Å². The normalized spacial score (nSPS) is 14.6. The van der Waals surface area contributed by atoms with E-state index >= 15 is 0 Å². The van der Waals surface area contributed by atoms with Crippen molar-refractivity contribution in [1.82, 2.24) is 15.0 Å². The van der Waals surface area contributed by atoms with E-state index in [0.717, 1.165) is 17.2 Å². The second-order valence-electron chi connectivity index (χ2n) is 7.47. The number of methoxy groups -OCH3 is 2. The number of carbonyl (C=O) groups is 1. The molecule has 0 aliphatic carbocycles. The molecule has 1 fully saturated rings. The van der Waals surface area contributed by atoms with E-state index in [4.69, 9.17) is 14.2 Å². The quantitative estimate of drug-likeness (QED) is 0.575. The van der Waals surface area contributed by atoms with Crippen LogP contribution < -0.4 is 10.1 Å². The van der Waals surface area contributed by atoms with Crippen LogP contribution in [0.15, 0.2) is 42.6 Å². The molecule has 8 nitrogen and oxygen atoms in total. The highest BCUT2D eigenvalue weighted by molar-refractivity contribution is 5.91. The van der Waals surface area contributed by atoms with Crippen LogP contribution in [0, 0.1) is 11.6 Å². The number of hydrogen-bond acceptors (Lipinski definition) is 6. The Morgan fingerprint density at radius 3 is 2.56 bits per heavy atom. The Bertz CT molecular complexity index is 1110. The molecule has 0 saturated carbocycles. The zero-order valence-corrected chi connectivity index (χ0v) is 17.6. The molecule has 0 bridgehead atoms. The average Bonchev–Trinajstić information content (AvgIpc) is 3.17. The van der Waals surface area contributed by atoms with E-state index in [1.165, 1.54) is 24.2 Å². The number of nitrogens with zero attached hydrogens (tertiary/aromatic N) is 3. The molecule has 1 amide bonds. The maximum absolute atomic E-state index is 13.7. The van der Waals surface area contributed by atoms with E-state index in [-0.39, 0.29) is 30.4 Å². The number of aromatic nitrogens is 3. The fourth-order valence-corrected chi connectivity index (χ4v) is 3.44. The summed E-state index contributed by atoms with van der Waals surface area (Å²) in [4.78, 5) is 13.6. The van der Waals surface area contributed by atoms with Gasteiger partial charge in [0.25, 0.3) is 0 Å². The lowest BCUT2D eigenvalue weighted by atomic mass is 9.91. The summed E-state index contributed by atoms with van der Waals surface area (Å²) in [6.07, 6.45) is 1.54. The van der Waals surface area contributed by atoms with Crippen LogP contribution >= 0.6 is 0 Å². The summed E-state index contributed by atoms with van der Waals surface area (Å²) in [5.41, 5.74) is 1.85. The first kappa shape index (κ1) is 21.8. The van der Waals surface area contributed by atoms with Crippen LogP contribution in [0.25, 0.3) is 0 Å². The van der Waals surface area contributed by atoms with Crippen molar-refractivity contribution in [1.29, 1.82) is 0 Å². The number of amides is 1. The zero-order valence-electron chi connectivity index (χ0n) is 17.6. The second-order valence-corrected chi connectivity index (χ2v) is 7.47. The van der Waals surface area contributed by atoms with Crippen molar-refractivity contribution in [2.75, 3.05) is 32.8 Å². The highest BCUT2D eigenvalue weighted by Crippen LogP contribution is 2.33. The van der Waals surface area contributed by atoms with Gasteiger partial charge in [0.05, 0.1) is 39.5 Å². The topological polar surface area (TPSA) is 87.5 Å². The lowest BCUT2D eigenvalue weighted by Gasteiger charge is -2.40. The molecular formula is C22H22F2N4O4. The van der Waals surface area contributed by atoms with E-state index in [1.54, 1.807) is 7.11 Å². The van der Waals surface area contributed by atoms with E-state index in [2.05, 4.69) is 15.5 Å². The Morgan fingerprint density at radius 1 is 1.19 bits per heavy atom. The molecule has 2 aromatic carbocycles. The van der Waals surface area contributed by atoms with Gasteiger partial charge in [-0.1, -0.05) is 24.3 Å². The van der Waals surface area contributed by atoms with Crippen LogP contribution in [0.3, 0.4) is 0 Å². The van der Waals surface area contributed by atoms with Gasteiger partial charge in [-0.15, -0.1) is 5.10 Å². The van der Waals surface area contributed by atoms with E-state index in [0.29, 0.717) is 18.8 Å². The Labute approximate surface area is 183 Å². The zero-order chi connectivity index (χ0) is 22.7. The largest absolute Gasteiger partial charge is 0.494 e. The van der Waals surface area contributed by atoms with Crippen molar-refractivity contribution in [2.24, 2.45) is 0 Å². The van der Waals surface area contributed by atoms with Crippen LogP contribution in [-0.4, -0.2) is 48.3 Å². The third kappa shape index (κ3) is 4.46. The first-order valence-electron chi connectivity index (χ1n) is 9.86. The number of carbonyl (C=O) groups excluding carboxylic acids is 1. The minimum atomic E-state index is -1.05. The Hall–Kier alpha value is -3.37. The Morgan fingerprint density at radius 2 is 1.94 bits per heavy atom. The molecule has 10 heteroatoms. The maximum Gasteiger partial charge on any atom is 0.230 e. The van der Waals surface area contributed by atoms with Gasteiger partial charge in [-0.2, -0.15) is 14.3 Å². The molecule has 0 spiro atoms. The number of rotatable bonds is 8. The average molecular weight is 444 g/mol. The van der Waals surface area contributed by atoms with Gasteiger partial charge in [0.2, 0.25) is 11.7 Å². The predicted molar refractivity (Wildman–Crippen MR) is 110 cm³/mol. The number of halogens is 2. The molecule has 1 aliphatic heterocycles. The Balaban J connectivity index is 1.35. The number of hydrogen-bond donors (Lipinski definition) is 1. The molecule has 168 valence electrons. The molecule has 1 N–H and O–H groups in total. The second kappa shape index (κ2) is 9.01. The molecule has 4 rings (SSSR count). The van der Waals surface area contributed by atoms with Gasteiger partial charge >= 0.3 is 0 Å². The summed E-state index contributed by atoms with van der Waals surface area (Å²) in [6, 6.07) is 10.0. The number of anilines is 1. The van der Waals surface area contributed by atoms with Crippen molar-refractivity contribution >= 4 is 11.7 Å². The first-order valence-corrected chi connectivity index (χ1v) is 9.86. The van der Waals surface area contributed by atoms with Crippen molar-refractivity contribution in [2.45, 2.75) is 18.6 Å². The number of nitrogens with one attached hydrogen (secondary N) is 1. The summed E-state index contributed by atoms with van der Waals surface area (Å²) in [7, 11) is 2.91. The molecule has 1 aliphatic rings. The van der Waals surface area contributed by atoms with E-state index in [1.807, 2.05) is 24.3 Å². The lowest BCUT2D eigenvalue weighted by Crippen LogP contribution is -2.48. The van der Waals surface area contributed by atoms with Crippen LogP contribution in [-0.2, 0) is 32.8 Å². The third-order valence-electron chi connectivity index (χ3n) is 5.31. The van der Waals surface area contributed by atoms with Crippen molar-refractivity contribution < 1.29 is 27.8 Å². The molecule has 0 atom stereocenters. The van der Waals surface area contributed by atoms with Crippen molar-refractivity contribution in [3.63, 3.8) is 0 Å². The van der Waals surface area contributed by atoms with Crippen LogP contribution in [0.1, 0.15) is 16.7 Å². The number of benzene rings is 2. The van der Waals surface area contributed by atoms with Crippen LogP contribution in [0.5, 0.6) is 5.75 Å². The Kier molecular flexibility index (Phi) is 6.15. The van der Waals surface area contributed by atoms with Gasteiger partial charge in [0, 0.05) is 7.11 Å². The fourth-order valence-electron chi connectivity index (χ4n) is 3.44. The summed E-state index contributed by atoms with van der Waals surface area (Å²) in [6.45, 7) is 1.10. The maximum atomic E-state index is 13.7. The molecule has 32 heavy (non-hydrogen) atoms. The molecular weight excluding hydrogens is 422 g/mol. The lowest BCUT2D eigenvalue weighted by molar-refractivity contribution is -0.202. The summed E-state index contributed by atoms with van der Waals surface area (Å²) in [5, 5.41) is 10.9. The minimum absolute atomic E-state index is 0.0792. The predicted octanol–water partition coefficient (Wildman–Crippen LogP) is 2.67. The summed E-state index contributed by atoms with van der Waals surface area (Å²) in [5.74, 6) is -2.27. The van der Waals surface area contributed by atoms with Gasteiger partial charge < -0.3 is 19.5 Å². The third-order valence-corrected chi connectivity index (χ3v) is 5.31. The molecule has 2 heterocycles. The van der Waals surface area contributed by atoms with Gasteiger partial charge in [0.1, 0.15) is 5.60 Å². The monoisotopic (exact) mass is 444 g/mol. The molecule has 0 radical (unpaired) electrons. The molecule has 1 saturated heterocycles. The molecule has 3 aromatic rings. The fraction of sp³-hybridized carbons (Fsp3) is 0.318. The molecule has 0 unspecified atom stereocenters. The van der Waals surface area contributed by atoms with E-state index in [9.17, 15) is 13.6 Å². The highest BCUT2D eigenvalue weighted by atomic mass is 19.2. The highest BCUT2D eigenvalue weighted by Gasteiger charge is 2.40. The van der Waals surface area contributed by atoms with Crippen molar-refractivity contribution in [3.05, 3.63) is 70.9 Å². The SMILES string of the molecule is COc1cc(Cn2ncc(NC(=O)Cc3ccc(C4(OC)COC4)cc3)n2)cc(F)c1F. The van der Waals surface area contributed by atoms with Gasteiger partial charge in [0.15, 0.2) is 17.4 Å². The minimum Gasteiger partial charge on any atom is -0.494 e. The van der Waals surface area contributed by atoms with Gasteiger partial charge in [-0.05, 0) is 28.8 Å². The smallest absolute Gasteiger partial charge is 0.230 e. The standard InChI is InChI=1S/C22H22F2N4O4/c1-30-18-8-15(7-17(23)21(18)24)11-28-25-10-19(27-28)26-20(29)9-14-3-5-16(6-4-14)22(31-2)12-32-13-22/h3-8,10H,9,11-13H2,1-2H3,(H,26,27,29). The van der Waals surface area contributed by atoms with Crippen LogP contribution in [0.4, 0.5) is 14.6 Å². The number of ether oxygens (including phenoxy) is 3. The first-order chi connectivity index (χ1) is 15.4.